The minimum atomic E-state index is -1.35. The Hall–Kier alpha value is -2.32. The van der Waals surface area contributed by atoms with Gasteiger partial charge in [0.05, 0.1) is 6.54 Å². The first-order chi connectivity index (χ1) is 16.1. The van der Waals surface area contributed by atoms with Gasteiger partial charge in [-0.2, -0.15) is 0 Å². The number of hydrogen-bond donors (Lipinski definition) is 2. The SMILES string of the molecule is CCC1(CC)CN(CC(C)C)CC[C@]1(O)c1ccc2c(c1F)CN([C@H]1CCC(=O)NC1=O)C2=O. The highest BCUT2D eigenvalue weighted by atomic mass is 19.1. The molecule has 0 aromatic heterocycles. The van der Waals surface area contributed by atoms with Crippen molar-refractivity contribution < 1.29 is 23.9 Å². The van der Waals surface area contributed by atoms with E-state index < -0.39 is 34.7 Å². The third-order valence-electron chi connectivity index (χ3n) is 8.27. The van der Waals surface area contributed by atoms with Crippen LogP contribution in [0.5, 0.6) is 0 Å². The second-order valence-corrected chi connectivity index (χ2v) is 10.6. The number of fused-ring (bicyclic) bond motifs is 1. The zero-order chi connectivity index (χ0) is 24.8. The van der Waals surface area contributed by atoms with Gasteiger partial charge in [-0.25, -0.2) is 4.39 Å². The van der Waals surface area contributed by atoms with Crippen molar-refractivity contribution >= 4 is 17.7 Å². The largest absolute Gasteiger partial charge is 0.384 e. The molecule has 2 N–H and O–H groups in total. The average Bonchev–Trinajstić information content (AvgIpc) is 3.12. The molecule has 186 valence electrons. The second kappa shape index (κ2) is 9.04. The van der Waals surface area contributed by atoms with Crippen LogP contribution in [0.25, 0.3) is 0 Å². The molecule has 1 aromatic carbocycles. The van der Waals surface area contributed by atoms with E-state index in [1.54, 1.807) is 12.1 Å². The lowest BCUT2D eigenvalue weighted by molar-refractivity contribution is -0.150. The zero-order valence-corrected chi connectivity index (χ0v) is 20.6. The maximum Gasteiger partial charge on any atom is 0.255 e. The van der Waals surface area contributed by atoms with E-state index in [9.17, 15) is 19.5 Å². The summed E-state index contributed by atoms with van der Waals surface area (Å²) in [7, 11) is 0. The number of aliphatic hydroxyl groups is 1. The Morgan fingerprint density at radius 3 is 2.53 bits per heavy atom. The van der Waals surface area contributed by atoms with Crippen molar-refractivity contribution in [2.45, 2.75) is 78.0 Å². The molecule has 2 saturated heterocycles. The first-order valence-corrected chi connectivity index (χ1v) is 12.5. The number of imide groups is 1. The molecular formula is C26H36FN3O4. The lowest BCUT2D eigenvalue weighted by Crippen LogP contribution is -2.58. The first-order valence-electron chi connectivity index (χ1n) is 12.5. The second-order valence-electron chi connectivity index (χ2n) is 10.6. The van der Waals surface area contributed by atoms with E-state index in [1.165, 1.54) is 4.90 Å². The molecule has 3 heterocycles. The minimum absolute atomic E-state index is 0.0408. The van der Waals surface area contributed by atoms with E-state index >= 15 is 4.39 Å². The number of hydrogen-bond acceptors (Lipinski definition) is 5. The number of likely N-dealkylation sites (tertiary alicyclic amines) is 1. The highest BCUT2D eigenvalue weighted by Gasteiger charge is 2.54. The predicted octanol–water partition coefficient (Wildman–Crippen LogP) is 2.94. The molecule has 0 radical (unpaired) electrons. The van der Waals surface area contributed by atoms with Crippen LogP contribution in [0.3, 0.4) is 0 Å². The molecule has 8 heteroatoms. The van der Waals surface area contributed by atoms with Crippen LogP contribution in [-0.2, 0) is 21.7 Å². The number of carbonyl (C=O) groups is 3. The van der Waals surface area contributed by atoms with Gasteiger partial charge in [0.1, 0.15) is 17.5 Å². The summed E-state index contributed by atoms with van der Waals surface area (Å²) in [5, 5.41) is 14.4. The molecule has 0 aliphatic carbocycles. The number of nitrogens with one attached hydrogen (secondary N) is 1. The van der Waals surface area contributed by atoms with Crippen molar-refractivity contribution in [2.75, 3.05) is 19.6 Å². The summed E-state index contributed by atoms with van der Waals surface area (Å²) in [6.45, 7) is 10.7. The van der Waals surface area contributed by atoms with Crippen molar-refractivity contribution in [3.8, 4) is 0 Å². The van der Waals surface area contributed by atoms with Gasteiger partial charge in [0.15, 0.2) is 0 Å². The highest BCUT2D eigenvalue weighted by Crippen LogP contribution is 2.52. The number of amides is 3. The molecule has 34 heavy (non-hydrogen) atoms. The zero-order valence-electron chi connectivity index (χ0n) is 20.6. The van der Waals surface area contributed by atoms with E-state index in [1.807, 2.05) is 13.8 Å². The van der Waals surface area contributed by atoms with Crippen molar-refractivity contribution in [1.29, 1.82) is 0 Å². The molecule has 1 aromatic rings. The van der Waals surface area contributed by atoms with Crippen LogP contribution < -0.4 is 5.32 Å². The Kier molecular flexibility index (Phi) is 6.59. The monoisotopic (exact) mass is 473 g/mol. The third-order valence-corrected chi connectivity index (χ3v) is 8.27. The summed E-state index contributed by atoms with van der Waals surface area (Å²) in [6, 6.07) is 2.36. The van der Waals surface area contributed by atoms with E-state index in [4.69, 9.17) is 0 Å². The minimum Gasteiger partial charge on any atom is -0.384 e. The molecule has 4 rings (SSSR count). The topological polar surface area (TPSA) is 89.9 Å². The van der Waals surface area contributed by atoms with Crippen LogP contribution in [0.15, 0.2) is 12.1 Å². The molecule has 7 nitrogen and oxygen atoms in total. The number of halogens is 1. The van der Waals surface area contributed by atoms with Crippen molar-refractivity contribution in [3.63, 3.8) is 0 Å². The Balaban J connectivity index is 1.68. The van der Waals surface area contributed by atoms with Gasteiger partial charge in [-0.05, 0) is 37.7 Å². The number of nitrogens with zero attached hydrogens (tertiary/aromatic N) is 2. The molecule has 0 bridgehead atoms. The standard InChI is InChI=1S/C26H36FN3O4/c1-5-25(6-2)15-29(13-16(3)4)12-11-26(25,34)19-8-7-17-18(22(19)27)14-30(24(17)33)20-9-10-21(31)28-23(20)32/h7-8,16,20,34H,5-6,9-15H2,1-4H3,(H,28,31,32)/t20-,26-/m0/s1. The van der Waals surface area contributed by atoms with E-state index in [0.717, 1.165) is 6.54 Å². The van der Waals surface area contributed by atoms with Crippen LogP contribution in [0.2, 0.25) is 0 Å². The van der Waals surface area contributed by atoms with Crippen molar-refractivity contribution in [2.24, 2.45) is 11.3 Å². The first kappa shape index (κ1) is 24.8. The molecule has 0 spiro atoms. The summed E-state index contributed by atoms with van der Waals surface area (Å²) in [4.78, 5) is 40.6. The number of rotatable bonds is 6. The van der Waals surface area contributed by atoms with Crippen LogP contribution in [-0.4, -0.2) is 58.3 Å². The molecule has 2 atom stereocenters. The number of piperidine rings is 2. The van der Waals surface area contributed by atoms with Gasteiger partial charge < -0.3 is 14.9 Å². The molecular weight excluding hydrogens is 437 g/mol. The normalized spacial score (nSPS) is 27.3. The Morgan fingerprint density at radius 2 is 1.91 bits per heavy atom. The van der Waals surface area contributed by atoms with E-state index in [-0.39, 0.29) is 42.0 Å². The molecule has 3 amide bonds. The van der Waals surface area contributed by atoms with E-state index in [0.29, 0.717) is 38.3 Å². The van der Waals surface area contributed by atoms with Gasteiger partial charge in [-0.1, -0.05) is 33.8 Å². The van der Waals surface area contributed by atoms with Gasteiger partial charge in [0.25, 0.3) is 5.91 Å². The predicted molar refractivity (Wildman–Crippen MR) is 125 cm³/mol. The summed E-state index contributed by atoms with van der Waals surface area (Å²) >= 11 is 0. The summed E-state index contributed by atoms with van der Waals surface area (Å²) in [5.41, 5.74) is -1.16. The molecule has 0 saturated carbocycles. The van der Waals surface area contributed by atoms with Crippen molar-refractivity contribution in [3.05, 3.63) is 34.6 Å². The lowest BCUT2D eigenvalue weighted by atomic mass is 9.61. The number of carbonyl (C=O) groups excluding carboxylic acids is 3. The fourth-order valence-corrected chi connectivity index (χ4v) is 6.30. The van der Waals surface area contributed by atoms with Gasteiger partial charge >= 0.3 is 0 Å². The Labute approximate surface area is 200 Å². The van der Waals surface area contributed by atoms with Gasteiger partial charge in [-0.3, -0.25) is 19.7 Å². The maximum atomic E-state index is 16.1. The molecule has 2 fully saturated rings. The van der Waals surface area contributed by atoms with Crippen LogP contribution in [0, 0.1) is 17.2 Å². The Bertz CT molecular complexity index is 1010. The quantitative estimate of drug-likeness (QED) is 0.620. The van der Waals surface area contributed by atoms with Gasteiger partial charge in [0.2, 0.25) is 11.8 Å². The molecule has 3 aliphatic rings. The Morgan fingerprint density at radius 1 is 1.21 bits per heavy atom. The maximum absolute atomic E-state index is 16.1. The molecule has 3 aliphatic heterocycles. The fraction of sp³-hybridized carbons (Fsp3) is 0.654. The summed E-state index contributed by atoms with van der Waals surface area (Å²) in [5.74, 6) is -1.35. The lowest BCUT2D eigenvalue weighted by Gasteiger charge is -2.54. The van der Waals surface area contributed by atoms with E-state index in [2.05, 4.69) is 24.1 Å². The summed E-state index contributed by atoms with van der Waals surface area (Å²) < 4.78 is 16.1. The third kappa shape index (κ3) is 3.85. The average molecular weight is 474 g/mol. The van der Waals surface area contributed by atoms with Crippen LogP contribution in [0.1, 0.15) is 81.3 Å². The van der Waals surface area contributed by atoms with Crippen molar-refractivity contribution in [1.82, 2.24) is 15.1 Å². The highest BCUT2D eigenvalue weighted by molar-refractivity contribution is 6.05. The fourth-order valence-electron chi connectivity index (χ4n) is 6.30. The van der Waals surface area contributed by atoms with Crippen LogP contribution in [0.4, 0.5) is 4.39 Å². The van der Waals surface area contributed by atoms with Crippen LogP contribution >= 0.6 is 0 Å². The summed E-state index contributed by atoms with van der Waals surface area (Å²) in [6.07, 6.45) is 2.19. The van der Waals surface area contributed by atoms with Gasteiger partial charge in [0, 0.05) is 48.2 Å². The number of benzene rings is 1. The smallest absolute Gasteiger partial charge is 0.255 e. The van der Waals surface area contributed by atoms with Gasteiger partial charge in [-0.15, -0.1) is 0 Å². The molecule has 0 unspecified atom stereocenters.